The van der Waals surface area contributed by atoms with E-state index >= 15 is 0 Å². The van der Waals surface area contributed by atoms with Gasteiger partial charge in [-0.05, 0) is 50.7 Å². The summed E-state index contributed by atoms with van der Waals surface area (Å²) < 4.78 is 5.89. The normalized spacial score (nSPS) is 20.5. The van der Waals surface area contributed by atoms with Crippen LogP contribution < -0.4 is 10.6 Å². The predicted molar refractivity (Wildman–Crippen MR) is 103 cm³/mol. The highest BCUT2D eigenvalue weighted by molar-refractivity contribution is 5.76. The molecule has 1 unspecified atom stereocenters. The summed E-state index contributed by atoms with van der Waals surface area (Å²) in [7, 11) is 0. The lowest BCUT2D eigenvalue weighted by molar-refractivity contribution is -0.157. The molecule has 1 aromatic heterocycles. The lowest BCUT2D eigenvalue weighted by atomic mass is 9.97. The van der Waals surface area contributed by atoms with Crippen LogP contribution in [0.25, 0.3) is 0 Å². The zero-order valence-corrected chi connectivity index (χ0v) is 15.7. The summed E-state index contributed by atoms with van der Waals surface area (Å²) in [5, 5.41) is 6.77. The Balaban J connectivity index is 1.49. The van der Waals surface area contributed by atoms with Crippen molar-refractivity contribution in [3.8, 4) is 0 Å². The summed E-state index contributed by atoms with van der Waals surface area (Å²) in [6.45, 7) is 4.58. The molecule has 6 nitrogen and oxygen atoms in total. The minimum absolute atomic E-state index is 0.0114. The molecule has 2 fully saturated rings. The Morgan fingerprint density at radius 3 is 2.69 bits per heavy atom. The topological polar surface area (TPSA) is 66.5 Å². The number of piperazine rings is 1. The van der Waals surface area contributed by atoms with Gasteiger partial charge in [0.15, 0.2) is 0 Å². The Morgan fingerprint density at radius 2 is 1.96 bits per heavy atom. The molecule has 3 rings (SSSR count). The first-order chi connectivity index (χ1) is 12.8. The van der Waals surface area contributed by atoms with E-state index in [4.69, 9.17) is 4.74 Å². The maximum Gasteiger partial charge on any atom is 0.323 e. The lowest BCUT2D eigenvalue weighted by Gasteiger charge is -2.34. The molecule has 0 spiro atoms. The fraction of sp³-hybridized carbons (Fsp3) is 0.700. The number of ether oxygens (including phenoxy) is 1. The number of nitrogens with zero attached hydrogens (tertiary/aromatic N) is 2. The van der Waals surface area contributed by atoms with Crippen LogP contribution in [0.5, 0.6) is 0 Å². The molecular formula is C20H32N4O2. The van der Waals surface area contributed by atoms with Crippen LogP contribution in [-0.4, -0.2) is 60.7 Å². The van der Waals surface area contributed by atoms with E-state index in [1.807, 2.05) is 12.1 Å². The van der Waals surface area contributed by atoms with Gasteiger partial charge in [0.1, 0.15) is 12.1 Å². The standard InChI is InChI=1S/C20H32N4O2/c25-20(26-18-5-2-1-3-6-18)19(24-15-13-22-14-16-24)7-4-10-23-17-8-11-21-12-9-17/h8-9,11-12,18-19,22H,1-7,10,13-16H2,(H,21,23). The van der Waals surface area contributed by atoms with Gasteiger partial charge < -0.3 is 15.4 Å². The van der Waals surface area contributed by atoms with Gasteiger partial charge in [-0.1, -0.05) is 6.42 Å². The van der Waals surface area contributed by atoms with Gasteiger partial charge in [0.2, 0.25) is 0 Å². The number of carbonyl (C=O) groups is 1. The molecule has 1 saturated heterocycles. The average molecular weight is 361 g/mol. The van der Waals surface area contributed by atoms with E-state index in [1.165, 1.54) is 19.3 Å². The van der Waals surface area contributed by atoms with Crippen LogP contribution >= 0.6 is 0 Å². The van der Waals surface area contributed by atoms with Crippen molar-refractivity contribution >= 4 is 11.7 Å². The molecule has 0 bridgehead atoms. The summed E-state index contributed by atoms with van der Waals surface area (Å²) in [4.78, 5) is 19.2. The average Bonchev–Trinajstić information content (AvgIpc) is 2.70. The van der Waals surface area contributed by atoms with Gasteiger partial charge in [-0.3, -0.25) is 14.7 Å². The van der Waals surface area contributed by atoms with Crippen molar-refractivity contribution in [3.63, 3.8) is 0 Å². The number of carbonyl (C=O) groups excluding carboxylic acids is 1. The Hall–Kier alpha value is -1.66. The smallest absolute Gasteiger partial charge is 0.323 e. The maximum absolute atomic E-state index is 12.9. The molecule has 0 radical (unpaired) electrons. The molecule has 1 aliphatic heterocycles. The van der Waals surface area contributed by atoms with Crippen molar-refractivity contribution in [3.05, 3.63) is 24.5 Å². The first-order valence-electron chi connectivity index (χ1n) is 10.1. The van der Waals surface area contributed by atoms with Crippen molar-refractivity contribution in [2.24, 2.45) is 0 Å². The monoisotopic (exact) mass is 360 g/mol. The molecular weight excluding hydrogens is 328 g/mol. The number of hydrogen-bond acceptors (Lipinski definition) is 6. The predicted octanol–water partition coefficient (Wildman–Crippen LogP) is 2.42. The third kappa shape index (κ3) is 5.95. The second-order valence-corrected chi connectivity index (χ2v) is 7.30. The maximum atomic E-state index is 12.9. The van der Waals surface area contributed by atoms with Gasteiger partial charge in [0.25, 0.3) is 0 Å². The molecule has 0 amide bonds. The minimum atomic E-state index is -0.113. The summed E-state index contributed by atoms with van der Waals surface area (Å²) in [6.07, 6.45) is 11.2. The van der Waals surface area contributed by atoms with Crippen LogP contribution in [0.3, 0.4) is 0 Å². The van der Waals surface area contributed by atoms with E-state index in [9.17, 15) is 4.79 Å². The minimum Gasteiger partial charge on any atom is -0.461 e. The van der Waals surface area contributed by atoms with Crippen molar-refractivity contribution in [2.45, 2.75) is 57.1 Å². The number of anilines is 1. The molecule has 26 heavy (non-hydrogen) atoms. The van der Waals surface area contributed by atoms with Crippen LogP contribution in [-0.2, 0) is 9.53 Å². The molecule has 1 aliphatic carbocycles. The number of rotatable bonds is 8. The molecule has 1 saturated carbocycles. The SMILES string of the molecule is O=C(OC1CCCCC1)C(CCCNc1ccncc1)N1CCNCC1. The molecule has 2 N–H and O–H groups in total. The molecule has 6 heteroatoms. The van der Waals surface area contributed by atoms with Crippen LogP contribution in [0.1, 0.15) is 44.9 Å². The zero-order chi connectivity index (χ0) is 18.0. The molecule has 1 atom stereocenters. The molecule has 0 aromatic carbocycles. The quantitative estimate of drug-likeness (QED) is 0.548. The first-order valence-corrected chi connectivity index (χ1v) is 10.1. The Morgan fingerprint density at radius 1 is 1.23 bits per heavy atom. The van der Waals surface area contributed by atoms with Crippen molar-refractivity contribution < 1.29 is 9.53 Å². The third-order valence-electron chi connectivity index (χ3n) is 5.36. The van der Waals surface area contributed by atoms with Crippen LogP contribution in [0.15, 0.2) is 24.5 Å². The number of hydrogen-bond donors (Lipinski definition) is 2. The highest BCUT2D eigenvalue weighted by Gasteiger charge is 2.30. The van der Waals surface area contributed by atoms with Crippen molar-refractivity contribution in [1.82, 2.24) is 15.2 Å². The van der Waals surface area contributed by atoms with Gasteiger partial charge in [-0.25, -0.2) is 0 Å². The van der Waals surface area contributed by atoms with E-state index in [1.54, 1.807) is 12.4 Å². The fourth-order valence-corrected chi connectivity index (χ4v) is 3.87. The zero-order valence-electron chi connectivity index (χ0n) is 15.7. The fourth-order valence-electron chi connectivity index (χ4n) is 3.87. The highest BCUT2D eigenvalue weighted by Crippen LogP contribution is 2.22. The van der Waals surface area contributed by atoms with E-state index in [-0.39, 0.29) is 18.1 Å². The summed E-state index contributed by atoms with van der Waals surface area (Å²) in [5.41, 5.74) is 1.07. The van der Waals surface area contributed by atoms with Gasteiger partial charge in [-0.15, -0.1) is 0 Å². The highest BCUT2D eigenvalue weighted by atomic mass is 16.5. The molecule has 144 valence electrons. The van der Waals surface area contributed by atoms with Gasteiger partial charge in [0.05, 0.1) is 0 Å². The van der Waals surface area contributed by atoms with Gasteiger partial charge in [0, 0.05) is 50.8 Å². The van der Waals surface area contributed by atoms with E-state index in [0.717, 1.165) is 64.1 Å². The molecule has 2 heterocycles. The summed E-state index contributed by atoms with van der Waals surface area (Å²) in [6, 6.07) is 3.81. The van der Waals surface area contributed by atoms with E-state index in [0.29, 0.717) is 0 Å². The summed E-state index contributed by atoms with van der Waals surface area (Å²) >= 11 is 0. The number of nitrogens with one attached hydrogen (secondary N) is 2. The largest absolute Gasteiger partial charge is 0.461 e. The Labute approximate surface area is 156 Å². The number of esters is 1. The number of aromatic nitrogens is 1. The molecule has 1 aromatic rings. The van der Waals surface area contributed by atoms with Crippen LogP contribution in [0, 0.1) is 0 Å². The third-order valence-corrected chi connectivity index (χ3v) is 5.36. The van der Waals surface area contributed by atoms with Crippen LogP contribution in [0.2, 0.25) is 0 Å². The van der Waals surface area contributed by atoms with E-state index in [2.05, 4.69) is 20.5 Å². The Bertz CT molecular complexity index is 528. The molecule has 2 aliphatic rings. The first kappa shape index (κ1) is 19.1. The Kier molecular flexibility index (Phi) is 7.70. The van der Waals surface area contributed by atoms with Gasteiger partial charge in [-0.2, -0.15) is 0 Å². The van der Waals surface area contributed by atoms with Crippen LogP contribution in [0.4, 0.5) is 5.69 Å². The second-order valence-electron chi connectivity index (χ2n) is 7.30. The van der Waals surface area contributed by atoms with Crippen molar-refractivity contribution in [2.75, 3.05) is 38.0 Å². The summed E-state index contributed by atoms with van der Waals surface area (Å²) in [5.74, 6) is -0.0114. The van der Waals surface area contributed by atoms with E-state index < -0.39 is 0 Å². The van der Waals surface area contributed by atoms with Gasteiger partial charge >= 0.3 is 5.97 Å². The lowest BCUT2D eigenvalue weighted by Crippen LogP contribution is -2.52. The number of pyridine rings is 1. The second kappa shape index (κ2) is 10.5. The van der Waals surface area contributed by atoms with Crippen molar-refractivity contribution in [1.29, 1.82) is 0 Å².